The third kappa shape index (κ3) is 10.9. The topological polar surface area (TPSA) is 87.0 Å². The molecule has 0 radical (unpaired) electrons. The lowest BCUT2D eigenvalue weighted by atomic mass is 10.0. The number of aliphatic hydroxyl groups excluding tert-OH is 3. The molecule has 0 rings (SSSR count). The fourth-order valence-electron chi connectivity index (χ4n) is 2.03. The third-order valence-corrected chi connectivity index (χ3v) is 3.32. The zero-order valence-corrected chi connectivity index (χ0v) is 14.5. The van der Waals surface area contributed by atoms with Crippen LogP contribution in [-0.4, -0.2) is 45.7 Å². The fraction of sp³-hybridized carbons (Fsp3) is 0.632. The lowest BCUT2D eigenvalue weighted by molar-refractivity contribution is -0.159. The van der Waals surface area contributed by atoms with Crippen molar-refractivity contribution in [2.45, 2.75) is 76.8 Å². The van der Waals surface area contributed by atoms with Crippen molar-refractivity contribution < 1.29 is 24.9 Å². The highest BCUT2D eigenvalue weighted by Crippen LogP contribution is 2.14. The van der Waals surface area contributed by atoms with Gasteiger partial charge in [0.1, 0.15) is 6.10 Å². The smallest absolute Gasteiger partial charge is 0.303 e. The second-order valence-electron chi connectivity index (χ2n) is 5.51. The molecule has 0 heterocycles. The second kappa shape index (κ2) is 13.6. The summed E-state index contributed by atoms with van der Waals surface area (Å²) < 4.78 is 5.00. The molecule has 5 nitrogen and oxygen atoms in total. The molecule has 5 heteroatoms. The maximum Gasteiger partial charge on any atom is 0.303 e. The number of esters is 1. The number of rotatable bonds is 10. The van der Waals surface area contributed by atoms with E-state index in [1.807, 2.05) is 0 Å². The van der Waals surface area contributed by atoms with Gasteiger partial charge in [0.2, 0.25) is 0 Å². The Labute approximate surface area is 144 Å². The van der Waals surface area contributed by atoms with E-state index in [4.69, 9.17) is 9.84 Å². The van der Waals surface area contributed by atoms with Crippen LogP contribution in [0.3, 0.4) is 0 Å². The Hall–Kier alpha value is -1.79. The quantitative estimate of drug-likeness (QED) is 0.244. The van der Waals surface area contributed by atoms with Gasteiger partial charge in [0.15, 0.2) is 12.2 Å². The molecule has 0 bridgehead atoms. The summed E-state index contributed by atoms with van der Waals surface area (Å²) in [5.74, 6) is 8.93. The monoisotopic (exact) mass is 336 g/mol. The molecular formula is C19H28O5. The van der Waals surface area contributed by atoms with Gasteiger partial charge in [-0.3, -0.25) is 4.79 Å². The summed E-state index contributed by atoms with van der Waals surface area (Å²) in [7, 11) is 0. The summed E-state index contributed by atoms with van der Waals surface area (Å²) >= 11 is 0. The second-order valence-corrected chi connectivity index (χ2v) is 5.51. The van der Waals surface area contributed by atoms with E-state index in [1.165, 1.54) is 13.0 Å². The van der Waals surface area contributed by atoms with Crippen LogP contribution in [-0.2, 0) is 9.53 Å². The van der Waals surface area contributed by atoms with Gasteiger partial charge in [-0.2, -0.15) is 0 Å². The predicted octanol–water partition coefficient (Wildman–Crippen LogP) is 1.55. The van der Waals surface area contributed by atoms with Gasteiger partial charge in [-0.25, -0.2) is 0 Å². The lowest BCUT2D eigenvalue weighted by Gasteiger charge is -2.24. The summed E-state index contributed by atoms with van der Waals surface area (Å²) in [5.41, 5.74) is 0. The van der Waals surface area contributed by atoms with Crippen molar-refractivity contribution in [3.05, 3.63) is 12.7 Å². The number of ether oxygens (including phenoxy) is 1. The van der Waals surface area contributed by atoms with Gasteiger partial charge in [0.05, 0.1) is 6.10 Å². The molecule has 0 aromatic carbocycles. The Balaban J connectivity index is 4.66. The van der Waals surface area contributed by atoms with Gasteiger partial charge in [0, 0.05) is 6.92 Å². The average Bonchev–Trinajstić information content (AvgIpc) is 2.55. The molecule has 0 spiro atoms. The number of aliphatic hydroxyl groups is 3. The molecule has 0 aliphatic heterocycles. The molecule has 0 fully saturated rings. The highest BCUT2D eigenvalue weighted by molar-refractivity contribution is 5.66. The Morgan fingerprint density at radius 1 is 1.12 bits per heavy atom. The van der Waals surface area contributed by atoms with E-state index in [2.05, 4.69) is 37.2 Å². The van der Waals surface area contributed by atoms with Gasteiger partial charge in [-0.05, 0) is 18.3 Å². The lowest BCUT2D eigenvalue weighted by Crippen LogP contribution is -2.40. The van der Waals surface area contributed by atoms with Crippen LogP contribution in [0.1, 0.15) is 52.4 Å². The summed E-state index contributed by atoms with van der Waals surface area (Å²) in [6, 6.07) is 0. The van der Waals surface area contributed by atoms with Crippen LogP contribution in [0.2, 0.25) is 0 Å². The fourth-order valence-corrected chi connectivity index (χ4v) is 2.03. The van der Waals surface area contributed by atoms with Crippen molar-refractivity contribution in [1.29, 1.82) is 0 Å². The summed E-state index contributed by atoms with van der Waals surface area (Å²) in [4.78, 5) is 11.2. The molecule has 0 aromatic rings. The highest BCUT2D eigenvalue weighted by atomic mass is 16.6. The van der Waals surface area contributed by atoms with E-state index in [9.17, 15) is 15.0 Å². The van der Waals surface area contributed by atoms with E-state index >= 15 is 0 Å². The van der Waals surface area contributed by atoms with Gasteiger partial charge >= 0.3 is 5.97 Å². The van der Waals surface area contributed by atoms with Gasteiger partial charge in [-0.15, -0.1) is 0 Å². The van der Waals surface area contributed by atoms with E-state index in [-0.39, 0.29) is 0 Å². The Bertz CT molecular complexity index is 491. The van der Waals surface area contributed by atoms with E-state index in [1.54, 1.807) is 0 Å². The minimum Gasteiger partial charge on any atom is -0.456 e. The van der Waals surface area contributed by atoms with E-state index in [0.717, 1.165) is 32.1 Å². The minimum atomic E-state index is -1.35. The summed E-state index contributed by atoms with van der Waals surface area (Å²) in [5, 5.41) is 29.4. The SMILES string of the molecule is C=CC(O)C#CC#CC(O)C(OC(C)=O)C(O)CCCCCCC. The van der Waals surface area contributed by atoms with Crippen LogP contribution in [0.25, 0.3) is 0 Å². The Morgan fingerprint density at radius 3 is 2.33 bits per heavy atom. The number of hydrogen-bond acceptors (Lipinski definition) is 5. The molecule has 0 amide bonds. The normalized spacial score (nSPS) is 14.9. The largest absolute Gasteiger partial charge is 0.456 e. The first-order chi connectivity index (χ1) is 11.4. The number of carbonyl (C=O) groups is 1. The Morgan fingerprint density at radius 2 is 1.75 bits per heavy atom. The molecular weight excluding hydrogens is 308 g/mol. The van der Waals surface area contributed by atoms with Crippen LogP contribution in [0.15, 0.2) is 12.7 Å². The first kappa shape index (κ1) is 22.2. The molecule has 0 saturated carbocycles. The van der Waals surface area contributed by atoms with Crippen LogP contribution in [0, 0.1) is 23.7 Å². The first-order valence-electron chi connectivity index (χ1n) is 8.27. The Kier molecular flexibility index (Phi) is 12.6. The van der Waals surface area contributed by atoms with Crippen LogP contribution in [0.4, 0.5) is 0 Å². The molecule has 4 atom stereocenters. The zero-order chi connectivity index (χ0) is 18.4. The number of unbranched alkanes of at least 4 members (excludes halogenated alkanes) is 4. The predicted molar refractivity (Wildman–Crippen MR) is 92.7 cm³/mol. The standard InChI is InChI=1S/C19H28O5/c1-4-6-7-8-9-13-17(22)19(24-15(3)20)18(23)14-11-10-12-16(21)5-2/h5,16-19,21-23H,2,4,6-9,13H2,1,3H3. The van der Waals surface area contributed by atoms with Crippen molar-refractivity contribution >= 4 is 5.97 Å². The van der Waals surface area contributed by atoms with Crippen molar-refractivity contribution in [2.75, 3.05) is 0 Å². The van der Waals surface area contributed by atoms with Gasteiger partial charge < -0.3 is 20.1 Å². The number of carbonyl (C=O) groups excluding carboxylic acids is 1. The number of hydrogen-bond donors (Lipinski definition) is 3. The van der Waals surface area contributed by atoms with Crippen molar-refractivity contribution in [1.82, 2.24) is 0 Å². The maximum atomic E-state index is 11.2. The van der Waals surface area contributed by atoms with E-state index < -0.39 is 30.4 Å². The van der Waals surface area contributed by atoms with Crippen LogP contribution in [0.5, 0.6) is 0 Å². The third-order valence-electron chi connectivity index (χ3n) is 3.32. The molecule has 24 heavy (non-hydrogen) atoms. The molecule has 0 saturated heterocycles. The van der Waals surface area contributed by atoms with Gasteiger partial charge in [0.25, 0.3) is 0 Å². The zero-order valence-electron chi connectivity index (χ0n) is 14.5. The molecule has 0 aromatic heterocycles. The van der Waals surface area contributed by atoms with E-state index in [0.29, 0.717) is 6.42 Å². The summed E-state index contributed by atoms with van der Waals surface area (Å²) in [6.45, 7) is 6.70. The van der Waals surface area contributed by atoms with Crippen LogP contribution < -0.4 is 0 Å². The molecule has 3 N–H and O–H groups in total. The molecule has 4 unspecified atom stereocenters. The van der Waals surface area contributed by atoms with Crippen molar-refractivity contribution in [2.24, 2.45) is 0 Å². The van der Waals surface area contributed by atoms with Gasteiger partial charge in [-0.1, -0.05) is 63.5 Å². The van der Waals surface area contributed by atoms with Crippen LogP contribution >= 0.6 is 0 Å². The minimum absolute atomic E-state index is 0.418. The first-order valence-corrected chi connectivity index (χ1v) is 8.27. The molecule has 134 valence electrons. The van der Waals surface area contributed by atoms with Crippen molar-refractivity contribution in [3.63, 3.8) is 0 Å². The van der Waals surface area contributed by atoms with Crippen molar-refractivity contribution in [3.8, 4) is 23.7 Å². The molecule has 0 aliphatic rings. The highest BCUT2D eigenvalue weighted by Gasteiger charge is 2.28. The average molecular weight is 336 g/mol. The maximum absolute atomic E-state index is 11.2. The summed E-state index contributed by atoms with van der Waals surface area (Å²) in [6.07, 6.45) is 2.33. The molecule has 0 aliphatic carbocycles.